The number of thioether (sulfide) groups is 1. The number of para-hydroxylation sites is 1. The molecule has 0 fully saturated rings. The summed E-state index contributed by atoms with van der Waals surface area (Å²) in [6.45, 7) is -2.88. The van der Waals surface area contributed by atoms with Gasteiger partial charge in [0.15, 0.2) is 11.0 Å². The topological polar surface area (TPSA) is 69.0 Å². The zero-order chi connectivity index (χ0) is 21.0. The van der Waals surface area contributed by atoms with E-state index in [-0.39, 0.29) is 17.4 Å². The van der Waals surface area contributed by atoms with E-state index in [1.165, 1.54) is 23.9 Å². The minimum absolute atomic E-state index is 0.0513. The second-order valence-corrected chi connectivity index (χ2v) is 7.46. The van der Waals surface area contributed by atoms with Crippen molar-refractivity contribution in [1.29, 1.82) is 0 Å². The Morgan fingerprint density at radius 3 is 2.45 bits per heavy atom. The highest BCUT2D eigenvalue weighted by molar-refractivity contribution is 7.99. The molecule has 3 aromatic rings. The van der Waals surface area contributed by atoms with Gasteiger partial charge in [-0.25, -0.2) is 0 Å². The average molecular weight is 459 g/mol. The van der Waals surface area contributed by atoms with Gasteiger partial charge in [0.25, 0.3) is 0 Å². The predicted molar refractivity (Wildman–Crippen MR) is 109 cm³/mol. The number of halogens is 4. The molecule has 1 N–H and O–H groups in total. The molecule has 0 aliphatic carbocycles. The molecular weight excluding hydrogens is 445 g/mol. The first kappa shape index (κ1) is 21.4. The molecule has 0 spiro atoms. The van der Waals surface area contributed by atoms with E-state index in [1.54, 1.807) is 41.9 Å². The fraction of sp³-hybridized carbons (Fsp3) is 0.167. The van der Waals surface area contributed by atoms with Crippen LogP contribution in [0.4, 0.5) is 14.5 Å². The van der Waals surface area contributed by atoms with Crippen molar-refractivity contribution in [2.24, 2.45) is 7.05 Å². The molecule has 152 valence electrons. The van der Waals surface area contributed by atoms with E-state index in [9.17, 15) is 13.6 Å². The zero-order valence-corrected chi connectivity index (χ0v) is 17.2. The lowest BCUT2D eigenvalue weighted by Gasteiger charge is -2.09. The van der Waals surface area contributed by atoms with Crippen molar-refractivity contribution >= 4 is 46.6 Å². The number of rotatable bonds is 7. The number of ether oxygens (including phenoxy) is 1. The van der Waals surface area contributed by atoms with Crippen LogP contribution in [0.3, 0.4) is 0 Å². The Bertz CT molecular complexity index is 995. The summed E-state index contributed by atoms with van der Waals surface area (Å²) >= 11 is 13.3. The molecule has 1 aromatic heterocycles. The molecule has 0 bridgehead atoms. The van der Waals surface area contributed by atoms with E-state index < -0.39 is 6.61 Å². The second-order valence-electron chi connectivity index (χ2n) is 5.70. The molecule has 0 aliphatic heterocycles. The zero-order valence-electron chi connectivity index (χ0n) is 14.9. The number of carbonyl (C=O) groups excluding carboxylic acids is 1. The summed E-state index contributed by atoms with van der Waals surface area (Å²) in [4.78, 5) is 12.2. The minimum Gasteiger partial charge on any atom is -0.435 e. The second kappa shape index (κ2) is 9.43. The third-order valence-corrected chi connectivity index (χ3v) is 5.38. The largest absolute Gasteiger partial charge is 0.435 e. The van der Waals surface area contributed by atoms with E-state index >= 15 is 0 Å². The third-order valence-electron chi connectivity index (χ3n) is 3.73. The van der Waals surface area contributed by atoms with E-state index in [1.807, 2.05) is 0 Å². The number of nitrogens with zero attached hydrogens (tertiary/aromatic N) is 3. The van der Waals surface area contributed by atoms with Crippen molar-refractivity contribution in [2.75, 3.05) is 11.1 Å². The normalized spacial score (nSPS) is 11.0. The van der Waals surface area contributed by atoms with E-state index in [0.29, 0.717) is 32.3 Å². The summed E-state index contributed by atoms with van der Waals surface area (Å²) < 4.78 is 30.5. The van der Waals surface area contributed by atoms with Crippen LogP contribution in [0.1, 0.15) is 0 Å². The van der Waals surface area contributed by atoms with Crippen LogP contribution >= 0.6 is 35.0 Å². The predicted octanol–water partition coefficient (Wildman–Crippen LogP) is 5.12. The van der Waals surface area contributed by atoms with Crippen LogP contribution < -0.4 is 10.1 Å². The summed E-state index contributed by atoms with van der Waals surface area (Å²) in [5.74, 6) is 0.332. The number of nitrogens with one attached hydrogen (secondary N) is 1. The lowest BCUT2D eigenvalue weighted by molar-refractivity contribution is -0.113. The van der Waals surface area contributed by atoms with E-state index in [2.05, 4.69) is 20.3 Å². The Hall–Kier alpha value is -2.36. The first-order valence-corrected chi connectivity index (χ1v) is 9.90. The number of alkyl halides is 2. The molecule has 0 radical (unpaired) electrons. The maximum atomic E-state index is 12.2. The number of hydrogen-bond donors (Lipinski definition) is 1. The highest BCUT2D eigenvalue weighted by atomic mass is 35.5. The van der Waals surface area contributed by atoms with Crippen molar-refractivity contribution in [1.82, 2.24) is 14.8 Å². The number of hydrogen-bond acceptors (Lipinski definition) is 5. The van der Waals surface area contributed by atoms with Crippen molar-refractivity contribution < 1.29 is 18.3 Å². The number of aromatic nitrogens is 3. The summed E-state index contributed by atoms with van der Waals surface area (Å²) in [7, 11) is 1.74. The summed E-state index contributed by atoms with van der Waals surface area (Å²) in [5, 5.41) is 12.0. The molecule has 3 rings (SSSR count). The van der Waals surface area contributed by atoms with E-state index in [4.69, 9.17) is 23.2 Å². The van der Waals surface area contributed by atoms with Gasteiger partial charge in [-0.15, -0.1) is 10.2 Å². The molecule has 1 amide bonds. The molecular formula is C18H14Cl2F2N4O2S. The first-order chi connectivity index (χ1) is 13.8. The van der Waals surface area contributed by atoms with E-state index in [0.717, 1.165) is 0 Å². The molecule has 0 atom stereocenters. The summed E-state index contributed by atoms with van der Waals surface area (Å²) in [6.07, 6.45) is 0. The van der Waals surface area contributed by atoms with Crippen LogP contribution in [0.5, 0.6) is 5.75 Å². The van der Waals surface area contributed by atoms with Gasteiger partial charge in [0.2, 0.25) is 5.91 Å². The van der Waals surface area contributed by atoms with Crippen molar-refractivity contribution in [2.45, 2.75) is 11.8 Å². The van der Waals surface area contributed by atoms with Gasteiger partial charge in [-0.1, -0.05) is 41.0 Å². The number of benzene rings is 2. The van der Waals surface area contributed by atoms with Crippen LogP contribution in [0.25, 0.3) is 11.4 Å². The van der Waals surface area contributed by atoms with Crippen LogP contribution in [0, 0.1) is 0 Å². The van der Waals surface area contributed by atoms with Crippen molar-refractivity contribution in [3.63, 3.8) is 0 Å². The highest BCUT2D eigenvalue weighted by Crippen LogP contribution is 2.30. The minimum atomic E-state index is -2.88. The SMILES string of the molecule is Cn1c(SCC(=O)Nc2c(Cl)cccc2Cl)nnc1-c1ccc(OC(F)F)cc1. The van der Waals surface area contributed by atoms with Crippen molar-refractivity contribution in [3.05, 3.63) is 52.5 Å². The Morgan fingerprint density at radius 1 is 1.17 bits per heavy atom. The van der Waals surface area contributed by atoms with Gasteiger partial charge >= 0.3 is 6.61 Å². The van der Waals surface area contributed by atoms with Crippen molar-refractivity contribution in [3.8, 4) is 17.1 Å². The standard InChI is InChI=1S/C18H14Cl2F2N4O2S/c1-26-16(10-5-7-11(8-6-10)28-17(21)22)24-25-18(26)29-9-14(27)23-15-12(19)3-2-4-13(15)20/h2-8,17H,9H2,1H3,(H,23,27). The first-order valence-electron chi connectivity index (χ1n) is 8.16. The quantitative estimate of drug-likeness (QED) is 0.497. The third kappa shape index (κ3) is 5.37. The van der Waals surface area contributed by atoms with Crippen LogP contribution in [0.15, 0.2) is 47.6 Å². The van der Waals surface area contributed by atoms with Crippen LogP contribution in [0.2, 0.25) is 10.0 Å². The van der Waals surface area contributed by atoms with Gasteiger partial charge in [-0.05, 0) is 36.4 Å². The van der Waals surface area contributed by atoms with Gasteiger partial charge in [0.1, 0.15) is 5.75 Å². The molecule has 0 saturated heterocycles. The summed E-state index contributed by atoms with van der Waals surface area (Å²) in [6, 6.07) is 11.0. The molecule has 2 aromatic carbocycles. The summed E-state index contributed by atoms with van der Waals surface area (Å²) in [5.41, 5.74) is 1.02. The molecule has 6 nitrogen and oxygen atoms in total. The fourth-order valence-electron chi connectivity index (χ4n) is 2.40. The number of anilines is 1. The molecule has 1 heterocycles. The molecule has 29 heavy (non-hydrogen) atoms. The van der Waals surface area contributed by atoms with Gasteiger partial charge in [0.05, 0.1) is 21.5 Å². The Labute approximate surface area is 179 Å². The van der Waals surface area contributed by atoms with Gasteiger partial charge in [-0.2, -0.15) is 8.78 Å². The molecule has 11 heteroatoms. The lowest BCUT2D eigenvalue weighted by atomic mass is 10.2. The fourth-order valence-corrected chi connectivity index (χ4v) is 3.60. The van der Waals surface area contributed by atoms with Gasteiger partial charge in [0, 0.05) is 12.6 Å². The van der Waals surface area contributed by atoms with Gasteiger partial charge < -0.3 is 14.6 Å². The highest BCUT2D eigenvalue weighted by Gasteiger charge is 2.15. The Morgan fingerprint density at radius 2 is 1.83 bits per heavy atom. The Kier molecular flexibility index (Phi) is 6.94. The molecule has 0 unspecified atom stereocenters. The number of carbonyl (C=O) groups is 1. The maximum absolute atomic E-state index is 12.2. The van der Waals surface area contributed by atoms with Crippen LogP contribution in [-0.4, -0.2) is 33.0 Å². The molecule has 0 saturated carbocycles. The average Bonchev–Trinajstić information content (AvgIpc) is 3.04. The monoisotopic (exact) mass is 458 g/mol. The smallest absolute Gasteiger partial charge is 0.387 e. The number of amides is 1. The maximum Gasteiger partial charge on any atom is 0.387 e. The molecule has 0 aliphatic rings. The van der Waals surface area contributed by atoms with Crippen LogP contribution in [-0.2, 0) is 11.8 Å². The lowest BCUT2D eigenvalue weighted by Crippen LogP contribution is -2.15. The Balaban J connectivity index is 1.64. The van der Waals surface area contributed by atoms with Gasteiger partial charge in [-0.3, -0.25) is 4.79 Å².